The van der Waals surface area contributed by atoms with E-state index in [9.17, 15) is 18.0 Å². The second-order valence-corrected chi connectivity index (χ2v) is 5.73. The molecule has 0 saturated carbocycles. The van der Waals surface area contributed by atoms with E-state index in [2.05, 4.69) is 20.2 Å². The average molecular weight is 351 g/mol. The van der Waals surface area contributed by atoms with Gasteiger partial charge in [-0.15, -0.1) is 0 Å². The molecule has 1 saturated heterocycles. The van der Waals surface area contributed by atoms with Crippen molar-refractivity contribution in [2.24, 2.45) is 0 Å². The van der Waals surface area contributed by atoms with Gasteiger partial charge in [-0.1, -0.05) is 0 Å². The van der Waals surface area contributed by atoms with Gasteiger partial charge in [0.1, 0.15) is 17.8 Å². The highest BCUT2D eigenvalue weighted by molar-refractivity contribution is 5.93. The van der Waals surface area contributed by atoms with E-state index in [1.165, 1.54) is 6.07 Å². The van der Waals surface area contributed by atoms with Gasteiger partial charge in [0, 0.05) is 32.2 Å². The van der Waals surface area contributed by atoms with Crippen LogP contribution < -0.4 is 5.32 Å². The molecule has 1 aromatic carbocycles. The Morgan fingerprint density at radius 3 is 2.52 bits per heavy atom. The zero-order chi connectivity index (χ0) is 18.0. The number of hydrogen-bond donors (Lipinski definition) is 1. The minimum Gasteiger partial charge on any atom is -0.338 e. The number of piperazine rings is 1. The van der Waals surface area contributed by atoms with Crippen LogP contribution in [0.25, 0.3) is 0 Å². The number of hydrogen-bond acceptors (Lipinski definition) is 5. The predicted molar refractivity (Wildman–Crippen MR) is 85.0 cm³/mol. The van der Waals surface area contributed by atoms with Crippen molar-refractivity contribution in [2.75, 3.05) is 38.5 Å². The molecule has 0 atom stereocenters. The first-order valence-electron chi connectivity index (χ1n) is 7.66. The minimum absolute atomic E-state index is 0.109. The Bertz CT molecular complexity index is 793. The Labute approximate surface area is 142 Å². The van der Waals surface area contributed by atoms with E-state index in [4.69, 9.17) is 0 Å². The number of nitrogens with one attached hydrogen (secondary N) is 1. The molecule has 1 fully saturated rings. The van der Waals surface area contributed by atoms with Crippen LogP contribution in [0.15, 0.2) is 24.5 Å². The number of carbonyl (C=O) groups excluding carboxylic acids is 1. The summed E-state index contributed by atoms with van der Waals surface area (Å²) in [6.07, 6.45) is 1.16. The molecule has 1 aliphatic rings. The molecule has 1 amide bonds. The lowest BCUT2D eigenvalue weighted by atomic mass is 10.2. The fraction of sp³-hybridized carbons (Fsp3) is 0.312. The number of benzene rings is 1. The molecule has 6 nitrogen and oxygen atoms in total. The molecule has 2 heterocycles. The summed E-state index contributed by atoms with van der Waals surface area (Å²) >= 11 is 0. The Morgan fingerprint density at radius 2 is 1.80 bits per heavy atom. The van der Waals surface area contributed by atoms with Crippen LogP contribution in [0.5, 0.6) is 0 Å². The van der Waals surface area contributed by atoms with Crippen molar-refractivity contribution in [1.82, 2.24) is 19.8 Å². The summed E-state index contributed by atoms with van der Waals surface area (Å²) in [5.41, 5.74) is -0.138. The standard InChI is InChI=1S/C16H16F3N5O/c1-23-4-6-24(7-5-23)16(25)12-8-13(21-9-20-12)22-11-3-2-10(17)14(18)15(11)19/h2-3,8-9H,4-7H2,1H3,(H,20,21,22). The number of anilines is 2. The van der Waals surface area contributed by atoms with E-state index in [-0.39, 0.29) is 23.1 Å². The number of aromatic nitrogens is 2. The molecule has 1 aliphatic heterocycles. The first kappa shape index (κ1) is 17.2. The van der Waals surface area contributed by atoms with Crippen molar-refractivity contribution in [3.8, 4) is 0 Å². The molecular formula is C16H16F3N5O. The van der Waals surface area contributed by atoms with E-state index in [0.29, 0.717) is 13.1 Å². The van der Waals surface area contributed by atoms with E-state index in [0.717, 1.165) is 31.5 Å². The maximum atomic E-state index is 13.7. The molecule has 1 N–H and O–H groups in total. The highest BCUT2D eigenvalue weighted by Gasteiger charge is 2.22. The van der Waals surface area contributed by atoms with Gasteiger partial charge in [-0.2, -0.15) is 0 Å². The summed E-state index contributed by atoms with van der Waals surface area (Å²) in [7, 11) is 1.98. The van der Waals surface area contributed by atoms with Crippen molar-refractivity contribution in [2.45, 2.75) is 0 Å². The quantitative estimate of drug-likeness (QED) is 0.858. The predicted octanol–water partition coefficient (Wildman–Crippen LogP) is 2.03. The van der Waals surface area contributed by atoms with Crippen LogP contribution in [-0.4, -0.2) is 58.9 Å². The van der Waals surface area contributed by atoms with Gasteiger partial charge in [0.25, 0.3) is 5.91 Å². The SMILES string of the molecule is CN1CCN(C(=O)c2cc(Nc3ccc(F)c(F)c3F)ncn2)CC1. The highest BCUT2D eigenvalue weighted by atomic mass is 19.2. The summed E-state index contributed by atoms with van der Waals surface area (Å²) in [4.78, 5) is 24.1. The number of nitrogens with zero attached hydrogens (tertiary/aromatic N) is 4. The van der Waals surface area contributed by atoms with E-state index in [1.807, 2.05) is 7.05 Å². The van der Waals surface area contributed by atoms with Gasteiger partial charge in [0.05, 0.1) is 5.69 Å². The number of rotatable bonds is 3. The van der Waals surface area contributed by atoms with E-state index < -0.39 is 17.5 Å². The van der Waals surface area contributed by atoms with Crippen molar-refractivity contribution in [3.05, 3.63) is 47.7 Å². The Kier molecular flexibility index (Phi) is 4.84. The molecule has 132 valence electrons. The first-order chi connectivity index (χ1) is 12.0. The van der Waals surface area contributed by atoms with Crippen LogP contribution >= 0.6 is 0 Å². The number of carbonyl (C=O) groups is 1. The lowest BCUT2D eigenvalue weighted by Gasteiger charge is -2.32. The third-order valence-corrected chi connectivity index (χ3v) is 3.97. The second kappa shape index (κ2) is 7.06. The molecule has 0 aliphatic carbocycles. The summed E-state index contributed by atoms with van der Waals surface area (Å²) in [5, 5.41) is 2.53. The fourth-order valence-electron chi connectivity index (χ4n) is 2.47. The Hall–Kier alpha value is -2.68. The van der Waals surface area contributed by atoms with Gasteiger partial charge in [-0.3, -0.25) is 4.79 Å². The van der Waals surface area contributed by atoms with Gasteiger partial charge < -0.3 is 15.1 Å². The molecule has 3 rings (SSSR count). The smallest absolute Gasteiger partial charge is 0.272 e. The average Bonchev–Trinajstić information content (AvgIpc) is 2.62. The molecule has 0 bridgehead atoms. The summed E-state index contributed by atoms with van der Waals surface area (Å²) in [6.45, 7) is 2.70. The fourth-order valence-corrected chi connectivity index (χ4v) is 2.47. The largest absolute Gasteiger partial charge is 0.338 e. The number of halogens is 3. The topological polar surface area (TPSA) is 61.4 Å². The number of amides is 1. The zero-order valence-corrected chi connectivity index (χ0v) is 13.5. The Morgan fingerprint density at radius 1 is 1.08 bits per heavy atom. The maximum Gasteiger partial charge on any atom is 0.272 e. The lowest BCUT2D eigenvalue weighted by molar-refractivity contribution is 0.0658. The van der Waals surface area contributed by atoms with Crippen molar-refractivity contribution in [1.29, 1.82) is 0 Å². The molecule has 0 radical (unpaired) electrons. The maximum absolute atomic E-state index is 13.7. The van der Waals surface area contributed by atoms with Gasteiger partial charge in [0.15, 0.2) is 17.5 Å². The van der Waals surface area contributed by atoms with Gasteiger partial charge in [0.2, 0.25) is 0 Å². The first-order valence-corrected chi connectivity index (χ1v) is 7.66. The summed E-state index contributed by atoms with van der Waals surface area (Å²) < 4.78 is 40.0. The van der Waals surface area contributed by atoms with E-state index >= 15 is 0 Å². The summed E-state index contributed by atoms with van der Waals surface area (Å²) in [5.74, 6) is -4.36. The van der Waals surface area contributed by atoms with Crippen LogP contribution in [0, 0.1) is 17.5 Å². The Balaban J connectivity index is 1.78. The third-order valence-electron chi connectivity index (χ3n) is 3.97. The monoisotopic (exact) mass is 351 g/mol. The lowest BCUT2D eigenvalue weighted by Crippen LogP contribution is -2.47. The van der Waals surface area contributed by atoms with Crippen molar-refractivity contribution in [3.63, 3.8) is 0 Å². The molecular weight excluding hydrogens is 335 g/mol. The van der Waals surface area contributed by atoms with Crippen LogP contribution in [0.1, 0.15) is 10.5 Å². The van der Waals surface area contributed by atoms with Crippen LogP contribution in [-0.2, 0) is 0 Å². The van der Waals surface area contributed by atoms with Gasteiger partial charge >= 0.3 is 0 Å². The van der Waals surface area contributed by atoms with Gasteiger partial charge in [-0.05, 0) is 19.2 Å². The number of likely N-dealkylation sites (N-methyl/N-ethyl adjacent to an activating group) is 1. The van der Waals surface area contributed by atoms with Crippen LogP contribution in [0.2, 0.25) is 0 Å². The van der Waals surface area contributed by atoms with Crippen LogP contribution in [0.3, 0.4) is 0 Å². The van der Waals surface area contributed by atoms with Crippen molar-refractivity contribution >= 4 is 17.4 Å². The highest BCUT2D eigenvalue weighted by Crippen LogP contribution is 2.23. The normalized spacial score (nSPS) is 15.3. The second-order valence-electron chi connectivity index (χ2n) is 5.73. The molecule has 1 aromatic heterocycles. The third kappa shape index (κ3) is 3.71. The summed E-state index contributed by atoms with van der Waals surface area (Å²) in [6, 6.07) is 3.21. The molecule has 0 spiro atoms. The zero-order valence-electron chi connectivity index (χ0n) is 13.5. The molecule has 0 unspecified atom stereocenters. The molecule has 25 heavy (non-hydrogen) atoms. The van der Waals surface area contributed by atoms with Crippen LogP contribution in [0.4, 0.5) is 24.7 Å². The van der Waals surface area contributed by atoms with E-state index in [1.54, 1.807) is 4.90 Å². The molecule has 2 aromatic rings. The van der Waals surface area contributed by atoms with Crippen molar-refractivity contribution < 1.29 is 18.0 Å². The minimum atomic E-state index is -1.58. The van der Waals surface area contributed by atoms with Gasteiger partial charge in [-0.25, -0.2) is 23.1 Å². The molecule has 9 heteroatoms.